The summed E-state index contributed by atoms with van der Waals surface area (Å²) in [6, 6.07) is 9.43. The molecule has 0 aliphatic rings. The third-order valence-corrected chi connectivity index (χ3v) is 3.70. The fourth-order valence-corrected chi connectivity index (χ4v) is 2.61. The van der Waals surface area contributed by atoms with Gasteiger partial charge in [0, 0.05) is 24.1 Å². The van der Waals surface area contributed by atoms with Gasteiger partial charge in [-0.1, -0.05) is 23.3 Å². The van der Waals surface area contributed by atoms with Crippen LogP contribution in [0.2, 0.25) is 0 Å². The number of carbonyl (C=O) groups is 1. The lowest BCUT2D eigenvalue weighted by Gasteiger charge is -1.99. The average molecular weight is 322 g/mol. The highest BCUT2D eigenvalue weighted by Crippen LogP contribution is 2.22. The summed E-state index contributed by atoms with van der Waals surface area (Å²) in [5.74, 6) is -0.0174. The average Bonchev–Trinajstić information content (AvgIpc) is 3.25. The largest absolute Gasteiger partial charge is 0.401 e. The first-order chi connectivity index (χ1) is 11.6. The number of aromatic amines is 1. The van der Waals surface area contributed by atoms with Crippen molar-refractivity contribution in [1.82, 2.24) is 25.0 Å². The Morgan fingerprint density at radius 1 is 1.29 bits per heavy atom. The lowest BCUT2D eigenvalue weighted by molar-refractivity contribution is 0.102. The lowest BCUT2D eigenvalue weighted by atomic mass is 10.2. The molecule has 4 rings (SSSR count). The summed E-state index contributed by atoms with van der Waals surface area (Å²) in [6.07, 6.45) is 1.65. The number of hydrogen-bond acceptors (Lipinski definition) is 5. The van der Waals surface area contributed by atoms with E-state index in [1.807, 2.05) is 37.3 Å². The van der Waals surface area contributed by atoms with Crippen molar-refractivity contribution < 1.29 is 9.21 Å². The van der Waals surface area contributed by atoms with E-state index in [2.05, 4.69) is 25.6 Å². The number of H-pyrrole nitrogens is 1. The number of nitrogens with one attached hydrogen (secondary N) is 2. The Labute approximate surface area is 136 Å². The Hall–Kier alpha value is -3.42. The molecule has 0 atom stereocenters. The number of hydrogen-bond donors (Lipinski definition) is 2. The normalized spacial score (nSPS) is 11.1. The van der Waals surface area contributed by atoms with E-state index in [0.717, 1.165) is 16.6 Å². The second-order valence-corrected chi connectivity index (χ2v) is 5.41. The molecule has 3 heterocycles. The molecule has 4 aromatic rings. The van der Waals surface area contributed by atoms with Crippen LogP contribution in [0.15, 0.2) is 40.9 Å². The minimum absolute atomic E-state index is 0.0409. The van der Waals surface area contributed by atoms with Gasteiger partial charge in [0.05, 0.1) is 11.3 Å². The molecule has 0 bridgehead atoms. The molecular formula is C16H14N6O2. The molecule has 0 aliphatic heterocycles. The Balaban J connectivity index is 1.60. The summed E-state index contributed by atoms with van der Waals surface area (Å²) in [6.45, 7) is 1.87. The second kappa shape index (κ2) is 5.34. The van der Waals surface area contributed by atoms with Gasteiger partial charge in [-0.25, -0.2) is 0 Å². The van der Waals surface area contributed by atoms with Gasteiger partial charge in [0.15, 0.2) is 0 Å². The number of anilines is 1. The van der Waals surface area contributed by atoms with Crippen LogP contribution in [0.4, 0.5) is 6.01 Å². The highest BCUT2D eigenvalue weighted by atomic mass is 16.4. The second-order valence-electron chi connectivity index (χ2n) is 5.41. The summed E-state index contributed by atoms with van der Waals surface area (Å²) in [5, 5.41) is 15.5. The topological polar surface area (TPSA) is 102 Å². The van der Waals surface area contributed by atoms with Crippen LogP contribution >= 0.6 is 0 Å². The molecule has 0 aliphatic carbocycles. The van der Waals surface area contributed by atoms with Crippen LogP contribution < -0.4 is 5.32 Å². The molecule has 3 aromatic heterocycles. The molecule has 0 saturated carbocycles. The standard InChI is InChI=1S/C16H14N6O2/c1-9-7-13(22(2)21-9)15-19-20-16(24-15)18-14(23)11-8-17-12-6-4-3-5-10(11)12/h3-8,17H,1-2H3,(H,18,20,23). The summed E-state index contributed by atoms with van der Waals surface area (Å²) in [5.41, 5.74) is 2.93. The number of benzene rings is 1. The minimum atomic E-state index is -0.316. The molecule has 24 heavy (non-hydrogen) atoms. The van der Waals surface area contributed by atoms with Crippen LogP contribution in [0.25, 0.3) is 22.5 Å². The fraction of sp³-hybridized carbons (Fsp3) is 0.125. The van der Waals surface area contributed by atoms with E-state index < -0.39 is 0 Å². The van der Waals surface area contributed by atoms with E-state index in [-0.39, 0.29) is 11.9 Å². The van der Waals surface area contributed by atoms with Crippen molar-refractivity contribution in [2.45, 2.75) is 6.92 Å². The SMILES string of the molecule is Cc1cc(-c2nnc(NC(=O)c3c[nH]c4ccccc34)o2)n(C)n1. The van der Waals surface area contributed by atoms with Crippen molar-refractivity contribution in [3.8, 4) is 11.6 Å². The van der Waals surface area contributed by atoms with E-state index in [9.17, 15) is 4.79 Å². The maximum absolute atomic E-state index is 12.4. The zero-order chi connectivity index (χ0) is 16.7. The molecule has 0 fully saturated rings. The number of fused-ring (bicyclic) bond motifs is 1. The minimum Gasteiger partial charge on any atom is -0.401 e. The predicted octanol–water partition coefficient (Wildman–Crippen LogP) is 2.51. The Kier molecular flexibility index (Phi) is 3.16. The number of rotatable bonds is 3. The maximum Gasteiger partial charge on any atom is 0.322 e. The maximum atomic E-state index is 12.4. The zero-order valence-electron chi connectivity index (χ0n) is 13.1. The molecule has 0 radical (unpaired) electrons. The van der Waals surface area contributed by atoms with E-state index >= 15 is 0 Å². The van der Waals surface area contributed by atoms with E-state index in [4.69, 9.17) is 4.42 Å². The zero-order valence-corrected chi connectivity index (χ0v) is 13.1. The van der Waals surface area contributed by atoms with Crippen LogP contribution in [0, 0.1) is 6.92 Å². The summed E-state index contributed by atoms with van der Waals surface area (Å²) < 4.78 is 7.17. The Morgan fingerprint density at radius 2 is 2.12 bits per heavy atom. The molecule has 0 unspecified atom stereocenters. The monoisotopic (exact) mass is 322 g/mol. The highest BCUT2D eigenvalue weighted by molar-refractivity contribution is 6.12. The van der Waals surface area contributed by atoms with Crippen LogP contribution in [-0.4, -0.2) is 30.9 Å². The van der Waals surface area contributed by atoms with Crippen LogP contribution in [-0.2, 0) is 7.05 Å². The van der Waals surface area contributed by atoms with Gasteiger partial charge in [0.25, 0.3) is 11.8 Å². The lowest BCUT2D eigenvalue weighted by Crippen LogP contribution is -2.11. The first-order valence-electron chi connectivity index (χ1n) is 7.34. The third kappa shape index (κ3) is 2.34. The van der Waals surface area contributed by atoms with Gasteiger partial charge < -0.3 is 9.40 Å². The quantitative estimate of drug-likeness (QED) is 0.603. The van der Waals surface area contributed by atoms with Crippen molar-refractivity contribution in [2.24, 2.45) is 7.05 Å². The number of aryl methyl sites for hydroxylation is 2. The number of aromatic nitrogens is 5. The van der Waals surface area contributed by atoms with Gasteiger partial charge in [-0.15, -0.1) is 5.10 Å². The van der Waals surface area contributed by atoms with Crippen molar-refractivity contribution in [3.63, 3.8) is 0 Å². The number of nitrogens with zero attached hydrogens (tertiary/aromatic N) is 4. The van der Waals surface area contributed by atoms with E-state index in [0.29, 0.717) is 17.1 Å². The Morgan fingerprint density at radius 3 is 2.92 bits per heavy atom. The molecule has 0 saturated heterocycles. The van der Waals surface area contributed by atoms with Gasteiger partial charge in [-0.2, -0.15) is 5.10 Å². The molecule has 1 aromatic carbocycles. The molecule has 120 valence electrons. The summed E-state index contributed by atoms with van der Waals surface area (Å²) in [7, 11) is 1.79. The van der Waals surface area contributed by atoms with Gasteiger partial charge in [-0.3, -0.25) is 14.8 Å². The van der Waals surface area contributed by atoms with Crippen LogP contribution in [0.1, 0.15) is 16.1 Å². The molecule has 8 nitrogen and oxygen atoms in total. The first kappa shape index (κ1) is 14.2. The molecular weight excluding hydrogens is 308 g/mol. The number of carbonyl (C=O) groups excluding carboxylic acids is 1. The van der Waals surface area contributed by atoms with Crippen LogP contribution in [0.3, 0.4) is 0 Å². The molecule has 2 N–H and O–H groups in total. The predicted molar refractivity (Wildman–Crippen MR) is 87.5 cm³/mol. The van der Waals surface area contributed by atoms with Crippen LogP contribution in [0.5, 0.6) is 0 Å². The van der Waals surface area contributed by atoms with Crippen molar-refractivity contribution in [3.05, 3.63) is 47.8 Å². The smallest absolute Gasteiger partial charge is 0.322 e. The van der Waals surface area contributed by atoms with Crippen molar-refractivity contribution in [1.29, 1.82) is 0 Å². The summed E-state index contributed by atoms with van der Waals surface area (Å²) in [4.78, 5) is 15.5. The van der Waals surface area contributed by atoms with Crippen molar-refractivity contribution >= 4 is 22.8 Å². The molecule has 0 spiro atoms. The fourth-order valence-electron chi connectivity index (χ4n) is 2.61. The van der Waals surface area contributed by atoms with Gasteiger partial charge in [0.1, 0.15) is 5.69 Å². The third-order valence-electron chi connectivity index (χ3n) is 3.70. The first-order valence-corrected chi connectivity index (χ1v) is 7.34. The van der Waals surface area contributed by atoms with Gasteiger partial charge >= 0.3 is 6.01 Å². The van der Waals surface area contributed by atoms with Gasteiger partial charge in [-0.05, 0) is 19.1 Å². The molecule has 1 amide bonds. The summed E-state index contributed by atoms with van der Waals surface area (Å²) >= 11 is 0. The molecule has 8 heteroatoms. The van der Waals surface area contributed by atoms with E-state index in [1.54, 1.807) is 17.9 Å². The van der Waals surface area contributed by atoms with E-state index in [1.165, 1.54) is 0 Å². The highest BCUT2D eigenvalue weighted by Gasteiger charge is 2.17. The number of amides is 1. The van der Waals surface area contributed by atoms with Gasteiger partial charge in [0.2, 0.25) is 0 Å². The Bertz CT molecular complexity index is 1040. The number of para-hydroxylation sites is 1. The van der Waals surface area contributed by atoms with Crippen molar-refractivity contribution in [2.75, 3.05) is 5.32 Å².